The van der Waals surface area contributed by atoms with Crippen molar-refractivity contribution in [2.24, 2.45) is 0 Å². The molecule has 0 bridgehead atoms. The number of rotatable bonds is 6. The van der Waals surface area contributed by atoms with Crippen LogP contribution < -0.4 is 5.32 Å². The molecule has 0 saturated heterocycles. The first kappa shape index (κ1) is 15.5. The molecule has 1 amide bonds. The average Bonchev–Trinajstić information content (AvgIpc) is 2.49. The fourth-order valence-corrected chi connectivity index (χ4v) is 2.22. The van der Waals surface area contributed by atoms with Crippen LogP contribution in [-0.2, 0) is 6.42 Å². The van der Waals surface area contributed by atoms with E-state index in [9.17, 15) is 4.79 Å². The highest BCUT2D eigenvalue weighted by atomic mass is 35.5. The van der Waals surface area contributed by atoms with Crippen molar-refractivity contribution in [1.82, 2.24) is 4.98 Å². The van der Waals surface area contributed by atoms with E-state index in [0.717, 1.165) is 12.1 Å². The molecule has 1 N–H and O–H groups in total. The van der Waals surface area contributed by atoms with Gasteiger partial charge in [0, 0.05) is 16.9 Å². The standard InChI is InChI=1S/C17H19ClN2O/c1-2-3-4-5-13-6-8-15(9-7-13)20-17(21)16-12-14(18)10-11-19-16/h6-12H,2-5H2,1H3,(H,20,21). The molecule has 0 aliphatic heterocycles. The molecule has 0 spiro atoms. The molecule has 21 heavy (non-hydrogen) atoms. The van der Waals surface area contributed by atoms with Gasteiger partial charge in [0.1, 0.15) is 5.69 Å². The summed E-state index contributed by atoms with van der Waals surface area (Å²) in [4.78, 5) is 16.0. The predicted molar refractivity (Wildman–Crippen MR) is 86.9 cm³/mol. The summed E-state index contributed by atoms with van der Waals surface area (Å²) in [5.41, 5.74) is 2.37. The second kappa shape index (κ2) is 7.79. The number of carbonyl (C=O) groups is 1. The smallest absolute Gasteiger partial charge is 0.274 e. The Morgan fingerprint density at radius 3 is 2.62 bits per heavy atom. The van der Waals surface area contributed by atoms with Gasteiger partial charge in [-0.3, -0.25) is 9.78 Å². The van der Waals surface area contributed by atoms with Gasteiger partial charge in [-0.2, -0.15) is 0 Å². The predicted octanol–water partition coefficient (Wildman–Crippen LogP) is 4.72. The van der Waals surface area contributed by atoms with Gasteiger partial charge >= 0.3 is 0 Å². The first-order chi connectivity index (χ1) is 10.2. The lowest BCUT2D eigenvalue weighted by Gasteiger charge is -2.06. The maximum absolute atomic E-state index is 12.0. The van der Waals surface area contributed by atoms with Gasteiger partial charge in [-0.15, -0.1) is 0 Å². The van der Waals surface area contributed by atoms with E-state index in [0.29, 0.717) is 10.7 Å². The zero-order valence-electron chi connectivity index (χ0n) is 12.1. The number of hydrogen-bond acceptors (Lipinski definition) is 2. The number of aromatic nitrogens is 1. The van der Waals surface area contributed by atoms with Crippen LogP contribution in [0.2, 0.25) is 5.02 Å². The Kier molecular flexibility index (Phi) is 5.76. The maximum atomic E-state index is 12.0. The van der Waals surface area contributed by atoms with Crippen LogP contribution in [0, 0.1) is 0 Å². The number of nitrogens with one attached hydrogen (secondary N) is 1. The van der Waals surface area contributed by atoms with E-state index < -0.39 is 0 Å². The molecular formula is C17H19ClN2O. The molecule has 0 radical (unpaired) electrons. The fraction of sp³-hybridized carbons (Fsp3) is 0.294. The molecule has 4 heteroatoms. The molecule has 1 aromatic heterocycles. The number of aryl methyl sites for hydroxylation is 1. The second-order valence-corrected chi connectivity index (χ2v) is 5.40. The number of hydrogen-bond donors (Lipinski definition) is 1. The highest BCUT2D eigenvalue weighted by molar-refractivity contribution is 6.30. The number of unbranched alkanes of at least 4 members (excludes halogenated alkanes) is 2. The third-order valence-corrected chi connectivity index (χ3v) is 3.47. The highest BCUT2D eigenvalue weighted by Gasteiger charge is 2.07. The molecule has 2 rings (SSSR count). The average molecular weight is 303 g/mol. The van der Waals surface area contributed by atoms with Crippen molar-refractivity contribution in [2.75, 3.05) is 5.32 Å². The van der Waals surface area contributed by atoms with Crippen molar-refractivity contribution < 1.29 is 4.79 Å². The zero-order chi connectivity index (χ0) is 15.1. The Hall–Kier alpha value is -1.87. The SMILES string of the molecule is CCCCCc1ccc(NC(=O)c2cc(Cl)ccn2)cc1. The zero-order valence-corrected chi connectivity index (χ0v) is 12.9. The summed E-state index contributed by atoms with van der Waals surface area (Å²) in [6.07, 6.45) is 6.28. The maximum Gasteiger partial charge on any atom is 0.274 e. The summed E-state index contributed by atoms with van der Waals surface area (Å²) in [7, 11) is 0. The molecular weight excluding hydrogens is 284 g/mol. The molecule has 0 saturated carbocycles. The van der Waals surface area contributed by atoms with Crippen molar-refractivity contribution in [3.8, 4) is 0 Å². The van der Waals surface area contributed by atoms with Gasteiger partial charge in [-0.05, 0) is 42.7 Å². The van der Waals surface area contributed by atoms with Gasteiger partial charge in [-0.25, -0.2) is 0 Å². The lowest BCUT2D eigenvalue weighted by Crippen LogP contribution is -2.13. The van der Waals surface area contributed by atoms with Crippen LogP contribution in [-0.4, -0.2) is 10.9 Å². The molecule has 0 atom stereocenters. The Balaban J connectivity index is 1.95. The van der Waals surface area contributed by atoms with E-state index in [1.54, 1.807) is 12.1 Å². The highest BCUT2D eigenvalue weighted by Crippen LogP contribution is 2.14. The van der Waals surface area contributed by atoms with Gasteiger partial charge in [0.25, 0.3) is 5.91 Å². The van der Waals surface area contributed by atoms with E-state index in [4.69, 9.17) is 11.6 Å². The number of anilines is 1. The summed E-state index contributed by atoms with van der Waals surface area (Å²) >= 11 is 5.85. The normalized spacial score (nSPS) is 10.4. The summed E-state index contributed by atoms with van der Waals surface area (Å²) in [5, 5.41) is 3.32. The van der Waals surface area contributed by atoms with Gasteiger partial charge in [0.15, 0.2) is 0 Å². The van der Waals surface area contributed by atoms with Crippen LogP contribution >= 0.6 is 11.6 Å². The van der Waals surface area contributed by atoms with Crippen LogP contribution in [0.4, 0.5) is 5.69 Å². The molecule has 0 aliphatic rings. The summed E-state index contributed by atoms with van der Waals surface area (Å²) < 4.78 is 0. The second-order valence-electron chi connectivity index (χ2n) is 4.97. The third kappa shape index (κ3) is 4.87. The Morgan fingerprint density at radius 1 is 1.19 bits per heavy atom. The number of amides is 1. The molecule has 2 aromatic rings. The molecule has 1 aromatic carbocycles. The van der Waals surface area contributed by atoms with E-state index in [-0.39, 0.29) is 5.91 Å². The minimum Gasteiger partial charge on any atom is -0.321 e. The first-order valence-electron chi connectivity index (χ1n) is 7.21. The van der Waals surface area contributed by atoms with Crippen molar-refractivity contribution in [3.05, 3.63) is 58.9 Å². The van der Waals surface area contributed by atoms with E-state index >= 15 is 0 Å². The van der Waals surface area contributed by atoms with Gasteiger partial charge in [0.05, 0.1) is 0 Å². The lowest BCUT2D eigenvalue weighted by molar-refractivity contribution is 0.102. The summed E-state index contributed by atoms with van der Waals surface area (Å²) in [6.45, 7) is 2.20. The van der Waals surface area contributed by atoms with Crippen LogP contribution in [0.25, 0.3) is 0 Å². The molecule has 3 nitrogen and oxygen atoms in total. The summed E-state index contributed by atoms with van der Waals surface area (Å²) in [6, 6.07) is 11.1. The Morgan fingerprint density at radius 2 is 1.95 bits per heavy atom. The van der Waals surface area contributed by atoms with Crippen LogP contribution in [0.3, 0.4) is 0 Å². The van der Waals surface area contributed by atoms with Crippen molar-refractivity contribution in [3.63, 3.8) is 0 Å². The third-order valence-electron chi connectivity index (χ3n) is 3.24. The summed E-state index contributed by atoms with van der Waals surface area (Å²) in [5.74, 6) is -0.253. The van der Waals surface area contributed by atoms with Crippen LogP contribution in [0.1, 0.15) is 42.2 Å². The number of carbonyl (C=O) groups excluding carboxylic acids is 1. The van der Waals surface area contributed by atoms with E-state index in [1.807, 2.05) is 12.1 Å². The van der Waals surface area contributed by atoms with Gasteiger partial charge < -0.3 is 5.32 Å². The Bertz CT molecular complexity index is 596. The quantitative estimate of drug-likeness (QED) is 0.784. The van der Waals surface area contributed by atoms with Gasteiger partial charge in [0.2, 0.25) is 0 Å². The minimum absolute atomic E-state index is 0.253. The van der Waals surface area contributed by atoms with E-state index in [2.05, 4.69) is 29.4 Å². The number of pyridine rings is 1. The molecule has 0 unspecified atom stereocenters. The first-order valence-corrected chi connectivity index (χ1v) is 7.58. The van der Waals surface area contributed by atoms with Gasteiger partial charge in [-0.1, -0.05) is 43.5 Å². The Labute approximate surface area is 130 Å². The number of nitrogens with zero attached hydrogens (tertiary/aromatic N) is 1. The largest absolute Gasteiger partial charge is 0.321 e. The van der Waals surface area contributed by atoms with Crippen molar-refractivity contribution in [1.29, 1.82) is 0 Å². The monoisotopic (exact) mass is 302 g/mol. The minimum atomic E-state index is -0.253. The fourth-order valence-electron chi connectivity index (χ4n) is 2.06. The molecule has 0 fully saturated rings. The lowest BCUT2D eigenvalue weighted by atomic mass is 10.1. The number of benzene rings is 1. The van der Waals surface area contributed by atoms with Crippen LogP contribution in [0.15, 0.2) is 42.6 Å². The molecule has 110 valence electrons. The molecule has 1 heterocycles. The number of halogens is 1. The van der Waals surface area contributed by atoms with E-state index in [1.165, 1.54) is 31.0 Å². The van der Waals surface area contributed by atoms with Crippen LogP contribution in [0.5, 0.6) is 0 Å². The molecule has 0 aliphatic carbocycles. The topological polar surface area (TPSA) is 42.0 Å². The van der Waals surface area contributed by atoms with Crippen molar-refractivity contribution in [2.45, 2.75) is 32.6 Å². The van der Waals surface area contributed by atoms with Crippen molar-refractivity contribution >= 4 is 23.2 Å².